The normalized spacial score (nSPS) is 12.3. The van der Waals surface area contributed by atoms with Gasteiger partial charge in [-0.1, -0.05) is 30.3 Å². The summed E-state index contributed by atoms with van der Waals surface area (Å²) in [6.07, 6.45) is 0. The van der Waals surface area contributed by atoms with Gasteiger partial charge in [0.1, 0.15) is 17.2 Å². The number of fused-ring (bicyclic) bond motifs is 1. The highest BCUT2D eigenvalue weighted by Gasteiger charge is 2.37. The average Bonchev–Trinajstić information content (AvgIpc) is 3.14. The highest BCUT2D eigenvalue weighted by molar-refractivity contribution is 6.34. The maximum Gasteiger partial charge on any atom is 0.266 e. The third kappa shape index (κ3) is 4.22. The molecule has 0 radical (unpaired) electrons. The van der Waals surface area contributed by atoms with Gasteiger partial charge in [-0.2, -0.15) is 0 Å². The minimum atomic E-state index is -0.492. The van der Waals surface area contributed by atoms with Crippen molar-refractivity contribution in [3.05, 3.63) is 114 Å². The first-order chi connectivity index (χ1) is 17.0. The molecule has 3 amide bonds. The molecule has 5 rings (SSSR count). The first-order valence-corrected chi connectivity index (χ1v) is 10.9. The number of nitrogens with zero attached hydrogens (tertiary/aromatic N) is 1. The number of methoxy groups -OCH3 is 1. The van der Waals surface area contributed by atoms with Gasteiger partial charge in [0, 0.05) is 5.56 Å². The van der Waals surface area contributed by atoms with Crippen molar-refractivity contribution < 1.29 is 23.9 Å². The van der Waals surface area contributed by atoms with Crippen LogP contribution in [0, 0.1) is 0 Å². The number of amides is 3. The molecular weight excluding hydrogens is 444 g/mol. The third-order valence-corrected chi connectivity index (χ3v) is 5.58. The Balaban J connectivity index is 1.36. The van der Waals surface area contributed by atoms with Gasteiger partial charge in [-0.05, 0) is 66.7 Å². The summed E-state index contributed by atoms with van der Waals surface area (Å²) >= 11 is 0. The molecule has 0 unspecified atom stereocenters. The molecule has 0 bridgehead atoms. The van der Waals surface area contributed by atoms with Crippen LogP contribution in [0.5, 0.6) is 17.2 Å². The summed E-state index contributed by atoms with van der Waals surface area (Å²) in [5.41, 5.74) is 1.59. The summed E-state index contributed by atoms with van der Waals surface area (Å²) in [6, 6.07) is 27.5. The number of ether oxygens (including phenoxy) is 2. The fraction of sp³-hybridized carbons (Fsp3) is 0.0357. The Hall–Kier alpha value is -4.91. The number of hydrogen-bond acceptors (Lipinski definition) is 5. The van der Waals surface area contributed by atoms with E-state index in [2.05, 4.69) is 5.32 Å². The SMILES string of the molecule is COc1ccccc1NC(=O)c1ccc2c(c1)C(=O)N(c1ccc(Oc3ccccc3)cc1)C2=O. The minimum Gasteiger partial charge on any atom is -0.495 e. The molecule has 35 heavy (non-hydrogen) atoms. The van der Waals surface area contributed by atoms with Gasteiger partial charge in [-0.25, -0.2) is 4.90 Å². The van der Waals surface area contributed by atoms with Gasteiger partial charge in [-0.3, -0.25) is 14.4 Å². The van der Waals surface area contributed by atoms with E-state index in [-0.39, 0.29) is 16.7 Å². The van der Waals surface area contributed by atoms with Gasteiger partial charge in [0.05, 0.1) is 29.6 Å². The Morgan fingerprint density at radius 2 is 1.40 bits per heavy atom. The summed E-state index contributed by atoms with van der Waals surface area (Å²) in [7, 11) is 1.51. The molecular formula is C28H20N2O5. The van der Waals surface area contributed by atoms with E-state index >= 15 is 0 Å². The number of benzene rings is 4. The summed E-state index contributed by atoms with van der Waals surface area (Å²) < 4.78 is 11.0. The van der Waals surface area contributed by atoms with E-state index in [0.717, 1.165) is 4.90 Å². The number of rotatable bonds is 6. The smallest absolute Gasteiger partial charge is 0.266 e. The summed E-state index contributed by atoms with van der Waals surface area (Å²) in [6.45, 7) is 0. The average molecular weight is 464 g/mol. The first kappa shape index (κ1) is 21.9. The highest BCUT2D eigenvalue weighted by atomic mass is 16.5. The quantitative estimate of drug-likeness (QED) is 0.379. The largest absolute Gasteiger partial charge is 0.495 e. The van der Waals surface area contributed by atoms with Crippen LogP contribution in [0.15, 0.2) is 97.1 Å². The van der Waals surface area contributed by atoms with E-state index in [1.54, 1.807) is 48.5 Å². The number of carbonyl (C=O) groups excluding carboxylic acids is 3. The Kier molecular flexibility index (Phi) is 5.73. The van der Waals surface area contributed by atoms with Crippen LogP contribution in [0.1, 0.15) is 31.1 Å². The van der Waals surface area contributed by atoms with Crippen LogP contribution in [0.25, 0.3) is 0 Å². The maximum absolute atomic E-state index is 13.1. The second-order valence-electron chi connectivity index (χ2n) is 7.77. The van der Waals surface area contributed by atoms with Crippen molar-refractivity contribution in [3.8, 4) is 17.2 Å². The van der Waals surface area contributed by atoms with Crippen LogP contribution < -0.4 is 19.7 Å². The summed E-state index contributed by atoms with van der Waals surface area (Å²) in [5, 5.41) is 2.78. The van der Waals surface area contributed by atoms with Crippen molar-refractivity contribution in [2.24, 2.45) is 0 Å². The predicted molar refractivity (Wildman–Crippen MR) is 131 cm³/mol. The Morgan fingerprint density at radius 1 is 0.743 bits per heavy atom. The molecule has 1 aliphatic heterocycles. The molecule has 0 spiro atoms. The Bertz CT molecular complexity index is 1430. The molecule has 0 saturated carbocycles. The van der Waals surface area contributed by atoms with Gasteiger partial charge in [-0.15, -0.1) is 0 Å². The molecule has 172 valence electrons. The van der Waals surface area contributed by atoms with Crippen LogP contribution in [-0.2, 0) is 0 Å². The fourth-order valence-corrected chi connectivity index (χ4v) is 3.85. The molecule has 0 aromatic heterocycles. The second kappa shape index (κ2) is 9.15. The maximum atomic E-state index is 13.1. The van der Waals surface area contributed by atoms with Crippen molar-refractivity contribution in [2.75, 3.05) is 17.3 Å². The van der Waals surface area contributed by atoms with Crippen molar-refractivity contribution in [1.29, 1.82) is 0 Å². The lowest BCUT2D eigenvalue weighted by Gasteiger charge is -2.14. The van der Waals surface area contributed by atoms with Gasteiger partial charge in [0.15, 0.2) is 0 Å². The van der Waals surface area contributed by atoms with E-state index in [9.17, 15) is 14.4 Å². The van der Waals surface area contributed by atoms with Crippen LogP contribution in [0.2, 0.25) is 0 Å². The van der Waals surface area contributed by atoms with Crippen molar-refractivity contribution >= 4 is 29.1 Å². The molecule has 7 heteroatoms. The molecule has 4 aromatic rings. The lowest BCUT2D eigenvalue weighted by molar-refractivity contribution is 0.0925. The molecule has 4 aromatic carbocycles. The van der Waals surface area contributed by atoms with E-state index in [4.69, 9.17) is 9.47 Å². The number of para-hydroxylation sites is 3. The molecule has 1 aliphatic rings. The molecule has 0 fully saturated rings. The predicted octanol–water partition coefficient (Wildman–Crippen LogP) is 5.54. The van der Waals surface area contributed by atoms with E-state index < -0.39 is 17.7 Å². The molecule has 1 N–H and O–H groups in total. The second-order valence-corrected chi connectivity index (χ2v) is 7.77. The van der Waals surface area contributed by atoms with E-state index in [0.29, 0.717) is 28.6 Å². The number of hydrogen-bond donors (Lipinski definition) is 1. The summed E-state index contributed by atoms with van der Waals surface area (Å²) in [5.74, 6) is 0.413. The molecule has 0 atom stereocenters. The number of nitrogens with one attached hydrogen (secondary N) is 1. The molecule has 1 heterocycles. The zero-order valence-corrected chi connectivity index (χ0v) is 18.7. The van der Waals surface area contributed by atoms with Crippen LogP contribution in [0.3, 0.4) is 0 Å². The number of anilines is 2. The number of carbonyl (C=O) groups is 3. The van der Waals surface area contributed by atoms with Gasteiger partial charge < -0.3 is 14.8 Å². The van der Waals surface area contributed by atoms with Crippen LogP contribution in [-0.4, -0.2) is 24.8 Å². The van der Waals surface area contributed by atoms with Crippen LogP contribution >= 0.6 is 0 Å². The highest BCUT2D eigenvalue weighted by Crippen LogP contribution is 2.32. The molecule has 0 aliphatic carbocycles. The molecule has 7 nitrogen and oxygen atoms in total. The first-order valence-electron chi connectivity index (χ1n) is 10.9. The Labute approximate surface area is 201 Å². The zero-order chi connectivity index (χ0) is 24.4. The van der Waals surface area contributed by atoms with Gasteiger partial charge >= 0.3 is 0 Å². The minimum absolute atomic E-state index is 0.173. The van der Waals surface area contributed by atoms with Crippen LogP contribution in [0.4, 0.5) is 11.4 Å². The van der Waals surface area contributed by atoms with Crippen molar-refractivity contribution in [1.82, 2.24) is 0 Å². The zero-order valence-electron chi connectivity index (χ0n) is 18.7. The lowest BCUT2D eigenvalue weighted by Crippen LogP contribution is -2.29. The van der Waals surface area contributed by atoms with E-state index in [1.807, 2.05) is 30.3 Å². The Morgan fingerprint density at radius 3 is 2.14 bits per heavy atom. The monoisotopic (exact) mass is 464 g/mol. The molecule has 0 saturated heterocycles. The van der Waals surface area contributed by atoms with E-state index in [1.165, 1.54) is 25.3 Å². The van der Waals surface area contributed by atoms with Crippen molar-refractivity contribution in [3.63, 3.8) is 0 Å². The summed E-state index contributed by atoms with van der Waals surface area (Å²) in [4.78, 5) is 40.1. The van der Waals surface area contributed by atoms with Gasteiger partial charge in [0.2, 0.25) is 0 Å². The topological polar surface area (TPSA) is 84.9 Å². The standard InChI is InChI=1S/C28H20N2O5/c1-34-25-10-6-5-9-24(25)29-26(31)18-11-16-22-23(17-18)28(33)30(27(22)32)19-12-14-21(15-13-19)35-20-7-3-2-4-8-20/h2-17H,1H3,(H,29,31). The van der Waals surface area contributed by atoms with Gasteiger partial charge in [0.25, 0.3) is 17.7 Å². The van der Waals surface area contributed by atoms with Crippen molar-refractivity contribution in [2.45, 2.75) is 0 Å². The fourth-order valence-electron chi connectivity index (χ4n) is 3.85. The lowest BCUT2D eigenvalue weighted by atomic mass is 10.1. The third-order valence-electron chi connectivity index (χ3n) is 5.58. The number of imide groups is 1.